The van der Waals surface area contributed by atoms with Crippen molar-refractivity contribution in [3.8, 4) is 5.75 Å². The van der Waals surface area contributed by atoms with E-state index in [0.717, 1.165) is 23.9 Å². The maximum absolute atomic E-state index is 6.07. The predicted octanol–water partition coefficient (Wildman–Crippen LogP) is 3.29. The molecule has 0 saturated heterocycles. The molecule has 3 nitrogen and oxygen atoms in total. The number of rotatable bonds is 4. The molecule has 0 aliphatic heterocycles. The Bertz CT molecular complexity index is 419. The fourth-order valence-electron chi connectivity index (χ4n) is 3.18. The van der Waals surface area contributed by atoms with Crippen LogP contribution in [0.15, 0.2) is 18.2 Å². The molecule has 2 atom stereocenters. The molecule has 1 aliphatic rings. The first-order chi connectivity index (χ1) is 9.11. The standard InChI is InChI=1S/C16H26N2O/c1-12-6-4-5-7-16(12)18(2)11-13-10-14(19-3)8-9-15(13)17/h8-10,12,16H,4-7,11,17H2,1-3H3. The van der Waals surface area contributed by atoms with Crippen LogP contribution in [0.1, 0.15) is 38.2 Å². The minimum absolute atomic E-state index is 0.680. The summed E-state index contributed by atoms with van der Waals surface area (Å²) in [5.41, 5.74) is 8.10. The van der Waals surface area contributed by atoms with Gasteiger partial charge in [0.2, 0.25) is 0 Å². The Labute approximate surface area is 116 Å². The Morgan fingerprint density at radius 3 is 2.74 bits per heavy atom. The largest absolute Gasteiger partial charge is 0.497 e. The molecule has 106 valence electrons. The van der Waals surface area contributed by atoms with Crippen molar-refractivity contribution in [1.29, 1.82) is 0 Å². The highest BCUT2D eigenvalue weighted by Gasteiger charge is 2.25. The molecule has 0 amide bonds. The van der Waals surface area contributed by atoms with Crippen molar-refractivity contribution in [2.45, 2.75) is 45.2 Å². The zero-order valence-electron chi connectivity index (χ0n) is 12.4. The quantitative estimate of drug-likeness (QED) is 0.846. The van der Waals surface area contributed by atoms with Gasteiger partial charge in [-0.15, -0.1) is 0 Å². The number of ether oxygens (including phenoxy) is 1. The van der Waals surface area contributed by atoms with Gasteiger partial charge in [-0.25, -0.2) is 0 Å². The number of hydrogen-bond donors (Lipinski definition) is 1. The number of hydrogen-bond acceptors (Lipinski definition) is 3. The Balaban J connectivity index is 2.07. The summed E-state index contributed by atoms with van der Waals surface area (Å²) < 4.78 is 5.28. The lowest BCUT2D eigenvalue weighted by molar-refractivity contribution is 0.133. The summed E-state index contributed by atoms with van der Waals surface area (Å²) in [5.74, 6) is 1.67. The van der Waals surface area contributed by atoms with Crippen molar-refractivity contribution in [3.05, 3.63) is 23.8 Å². The highest BCUT2D eigenvalue weighted by molar-refractivity contribution is 5.50. The maximum Gasteiger partial charge on any atom is 0.119 e. The molecule has 3 heteroatoms. The van der Waals surface area contributed by atoms with Crippen LogP contribution in [0.25, 0.3) is 0 Å². The second kappa shape index (κ2) is 6.29. The topological polar surface area (TPSA) is 38.5 Å². The number of nitrogens with two attached hydrogens (primary N) is 1. The molecular weight excluding hydrogens is 236 g/mol. The van der Waals surface area contributed by atoms with Gasteiger partial charge in [-0.05, 0) is 49.6 Å². The monoisotopic (exact) mass is 262 g/mol. The van der Waals surface area contributed by atoms with Gasteiger partial charge in [-0.2, -0.15) is 0 Å². The first kappa shape index (κ1) is 14.2. The van der Waals surface area contributed by atoms with Crippen molar-refractivity contribution in [3.63, 3.8) is 0 Å². The van der Waals surface area contributed by atoms with E-state index < -0.39 is 0 Å². The summed E-state index contributed by atoms with van der Waals surface area (Å²) >= 11 is 0. The molecular formula is C16H26N2O. The molecule has 2 rings (SSSR count). The van der Waals surface area contributed by atoms with Gasteiger partial charge in [0.05, 0.1) is 7.11 Å². The smallest absolute Gasteiger partial charge is 0.119 e. The number of nitrogen functional groups attached to an aromatic ring is 1. The van der Waals surface area contributed by atoms with Crippen molar-refractivity contribution in [2.75, 3.05) is 19.9 Å². The third-order valence-corrected chi connectivity index (χ3v) is 4.40. The normalized spacial score (nSPS) is 23.6. The molecule has 2 unspecified atom stereocenters. The third-order valence-electron chi connectivity index (χ3n) is 4.40. The number of anilines is 1. The van der Waals surface area contributed by atoms with E-state index in [1.54, 1.807) is 7.11 Å². The Kier molecular flexibility index (Phi) is 4.70. The van der Waals surface area contributed by atoms with Crippen LogP contribution < -0.4 is 10.5 Å². The Morgan fingerprint density at radius 2 is 2.05 bits per heavy atom. The van der Waals surface area contributed by atoms with E-state index in [1.165, 1.54) is 31.2 Å². The summed E-state index contributed by atoms with van der Waals surface area (Å²) in [5, 5.41) is 0. The van der Waals surface area contributed by atoms with E-state index in [0.29, 0.717) is 6.04 Å². The van der Waals surface area contributed by atoms with Crippen LogP contribution >= 0.6 is 0 Å². The summed E-state index contributed by atoms with van der Waals surface area (Å²) in [6.07, 6.45) is 5.39. The molecule has 0 bridgehead atoms. The van der Waals surface area contributed by atoms with Crippen molar-refractivity contribution in [2.24, 2.45) is 5.92 Å². The van der Waals surface area contributed by atoms with E-state index >= 15 is 0 Å². The molecule has 0 heterocycles. The summed E-state index contributed by atoms with van der Waals surface area (Å²) in [7, 11) is 3.91. The first-order valence-corrected chi connectivity index (χ1v) is 7.24. The van der Waals surface area contributed by atoms with Gasteiger partial charge in [-0.1, -0.05) is 19.8 Å². The number of nitrogens with zero attached hydrogens (tertiary/aromatic N) is 1. The highest BCUT2D eigenvalue weighted by Crippen LogP contribution is 2.29. The molecule has 2 N–H and O–H groups in total. The number of methoxy groups -OCH3 is 1. The summed E-state index contributed by atoms with van der Waals surface area (Å²) in [6, 6.07) is 6.59. The van der Waals surface area contributed by atoms with Crippen molar-refractivity contribution >= 4 is 5.69 Å². The van der Waals surface area contributed by atoms with Crippen LogP contribution in [0.4, 0.5) is 5.69 Å². The number of benzene rings is 1. The molecule has 1 aromatic rings. The lowest BCUT2D eigenvalue weighted by atomic mass is 9.85. The van der Waals surface area contributed by atoms with E-state index in [1.807, 2.05) is 12.1 Å². The Hall–Kier alpha value is -1.22. The summed E-state index contributed by atoms with van der Waals surface area (Å²) in [6.45, 7) is 3.27. The average Bonchev–Trinajstić information content (AvgIpc) is 2.41. The van der Waals surface area contributed by atoms with Gasteiger partial charge < -0.3 is 10.5 Å². The maximum atomic E-state index is 6.07. The average molecular weight is 262 g/mol. The second-order valence-corrected chi connectivity index (χ2v) is 5.81. The van der Waals surface area contributed by atoms with Crippen LogP contribution in [-0.2, 0) is 6.54 Å². The van der Waals surface area contributed by atoms with Crippen LogP contribution in [0, 0.1) is 5.92 Å². The van der Waals surface area contributed by atoms with Gasteiger partial charge in [-0.3, -0.25) is 4.90 Å². The molecule has 19 heavy (non-hydrogen) atoms. The molecule has 1 saturated carbocycles. The van der Waals surface area contributed by atoms with E-state index in [9.17, 15) is 0 Å². The molecule has 0 radical (unpaired) electrons. The zero-order chi connectivity index (χ0) is 13.8. The SMILES string of the molecule is COc1ccc(N)c(CN(C)C2CCCCC2C)c1. The lowest BCUT2D eigenvalue weighted by Gasteiger charge is -2.36. The van der Waals surface area contributed by atoms with Gasteiger partial charge in [0.25, 0.3) is 0 Å². The molecule has 1 aliphatic carbocycles. The van der Waals surface area contributed by atoms with E-state index in [2.05, 4.69) is 24.9 Å². The Morgan fingerprint density at radius 1 is 1.32 bits per heavy atom. The molecule has 1 aromatic carbocycles. The van der Waals surface area contributed by atoms with Crippen LogP contribution in [0.2, 0.25) is 0 Å². The summed E-state index contributed by atoms with van der Waals surface area (Å²) in [4.78, 5) is 2.45. The van der Waals surface area contributed by atoms with Gasteiger partial charge >= 0.3 is 0 Å². The fourth-order valence-corrected chi connectivity index (χ4v) is 3.18. The van der Waals surface area contributed by atoms with Gasteiger partial charge in [0.1, 0.15) is 5.75 Å². The van der Waals surface area contributed by atoms with Crippen LogP contribution in [0.3, 0.4) is 0 Å². The minimum Gasteiger partial charge on any atom is -0.497 e. The van der Waals surface area contributed by atoms with Gasteiger partial charge in [0.15, 0.2) is 0 Å². The van der Waals surface area contributed by atoms with E-state index in [4.69, 9.17) is 10.5 Å². The highest BCUT2D eigenvalue weighted by atomic mass is 16.5. The molecule has 0 aromatic heterocycles. The minimum atomic E-state index is 0.680. The van der Waals surface area contributed by atoms with Crippen LogP contribution in [-0.4, -0.2) is 25.1 Å². The second-order valence-electron chi connectivity index (χ2n) is 5.81. The molecule has 0 spiro atoms. The first-order valence-electron chi connectivity index (χ1n) is 7.24. The van der Waals surface area contributed by atoms with Gasteiger partial charge in [0, 0.05) is 18.3 Å². The van der Waals surface area contributed by atoms with Crippen molar-refractivity contribution in [1.82, 2.24) is 4.90 Å². The zero-order valence-corrected chi connectivity index (χ0v) is 12.4. The fraction of sp³-hybridized carbons (Fsp3) is 0.625. The molecule has 1 fully saturated rings. The predicted molar refractivity (Wildman–Crippen MR) is 80.3 cm³/mol. The van der Waals surface area contributed by atoms with Crippen LogP contribution in [0.5, 0.6) is 5.75 Å². The van der Waals surface area contributed by atoms with E-state index in [-0.39, 0.29) is 0 Å². The van der Waals surface area contributed by atoms with Crippen molar-refractivity contribution < 1.29 is 4.74 Å². The third kappa shape index (κ3) is 3.41. The lowest BCUT2D eigenvalue weighted by Crippen LogP contribution is -2.38.